The molecule has 0 atom stereocenters. The second-order valence-corrected chi connectivity index (χ2v) is 8.25. The average molecular weight is 410 g/mol. The smallest absolute Gasteiger partial charge is 0.129 e. The van der Waals surface area contributed by atoms with Crippen molar-refractivity contribution in [2.45, 2.75) is 33.0 Å². The Morgan fingerprint density at radius 1 is 0.903 bits per heavy atom. The van der Waals surface area contributed by atoms with Gasteiger partial charge in [-0.3, -0.25) is 10.00 Å². The fourth-order valence-corrected chi connectivity index (χ4v) is 4.18. The zero-order valence-corrected chi connectivity index (χ0v) is 17.8. The van der Waals surface area contributed by atoms with E-state index in [2.05, 4.69) is 83.7 Å². The Morgan fingerprint density at radius 3 is 2.52 bits per heavy atom. The highest BCUT2D eigenvalue weighted by Crippen LogP contribution is 2.35. The van der Waals surface area contributed by atoms with Crippen LogP contribution in [-0.4, -0.2) is 21.6 Å². The largest absolute Gasteiger partial charge is 0.488 e. The standard InChI is InChI=1S/C27H27N3O/c1-20-11-13-22(14-12-20)19-31-26-10-6-5-9-23(26)27-24-18-30(16-15-25(24)28-29-27)17-21-7-3-2-4-8-21/h2-14H,15-19H2,1H3,(H,28,29). The minimum absolute atomic E-state index is 0.546. The summed E-state index contributed by atoms with van der Waals surface area (Å²) in [4.78, 5) is 2.49. The van der Waals surface area contributed by atoms with E-state index in [9.17, 15) is 0 Å². The summed E-state index contributed by atoms with van der Waals surface area (Å²) in [5.74, 6) is 0.873. The normalized spacial score (nSPS) is 13.7. The van der Waals surface area contributed by atoms with E-state index in [1.54, 1.807) is 0 Å². The maximum absolute atomic E-state index is 6.23. The van der Waals surface area contributed by atoms with Crippen molar-refractivity contribution >= 4 is 0 Å². The predicted octanol–water partition coefficient (Wildman–Crippen LogP) is 5.52. The number of hydrogen-bond acceptors (Lipinski definition) is 3. The van der Waals surface area contributed by atoms with Crippen molar-refractivity contribution in [3.63, 3.8) is 0 Å². The van der Waals surface area contributed by atoms with Gasteiger partial charge in [-0.15, -0.1) is 0 Å². The van der Waals surface area contributed by atoms with E-state index < -0.39 is 0 Å². The molecule has 31 heavy (non-hydrogen) atoms. The van der Waals surface area contributed by atoms with E-state index in [0.717, 1.165) is 43.1 Å². The van der Waals surface area contributed by atoms with Crippen molar-refractivity contribution in [2.75, 3.05) is 6.54 Å². The number of hydrogen-bond donors (Lipinski definition) is 1. The lowest BCUT2D eigenvalue weighted by Gasteiger charge is -2.27. The molecule has 1 aromatic heterocycles. The lowest BCUT2D eigenvalue weighted by atomic mass is 10.00. The van der Waals surface area contributed by atoms with Crippen molar-refractivity contribution in [1.82, 2.24) is 15.1 Å². The summed E-state index contributed by atoms with van der Waals surface area (Å²) in [5.41, 5.74) is 8.35. The van der Waals surface area contributed by atoms with Crippen LogP contribution in [0.5, 0.6) is 5.75 Å². The molecular formula is C27H27N3O. The summed E-state index contributed by atoms with van der Waals surface area (Å²) in [7, 11) is 0. The minimum Gasteiger partial charge on any atom is -0.488 e. The molecule has 4 heteroatoms. The molecule has 5 rings (SSSR count). The minimum atomic E-state index is 0.546. The Bertz CT molecular complexity index is 1150. The number of rotatable bonds is 6. The molecule has 0 aliphatic carbocycles. The summed E-state index contributed by atoms with van der Waals surface area (Å²) in [5, 5.41) is 7.99. The second kappa shape index (κ2) is 8.78. The van der Waals surface area contributed by atoms with E-state index in [1.807, 2.05) is 12.1 Å². The molecule has 3 aromatic carbocycles. The van der Waals surface area contributed by atoms with Gasteiger partial charge in [-0.25, -0.2) is 0 Å². The molecule has 0 fully saturated rings. The van der Waals surface area contributed by atoms with Crippen LogP contribution in [0.1, 0.15) is 27.9 Å². The quantitative estimate of drug-likeness (QED) is 0.456. The number of nitrogens with zero attached hydrogens (tertiary/aromatic N) is 2. The average Bonchev–Trinajstić information content (AvgIpc) is 3.23. The summed E-state index contributed by atoms with van der Waals surface area (Å²) < 4.78 is 6.23. The van der Waals surface area contributed by atoms with Gasteiger partial charge in [-0.05, 0) is 30.2 Å². The van der Waals surface area contributed by atoms with Gasteiger partial charge >= 0.3 is 0 Å². The summed E-state index contributed by atoms with van der Waals surface area (Å²) >= 11 is 0. The summed E-state index contributed by atoms with van der Waals surface area (Å²) in [6.07, 6.45) is 0.988. The van der Waals surface area contributed by atoms with Gasteiger partial charge in [0.25, 0.3) is 0 Å². The highest BCUT2D eigenvalue weighted by molar-refractivity contribution is 5.70. The van der Waals surface area contributed by atoms with Crippen LogP contribution in [0.25, 0.3) is 11.3 Å². The maximum atomic E-state index is 6.23. The number of fused-ring (bicyclic) bond motifs is 1. The number of ether oxygens (including phenoxy) is 1. The van der Waals surface area contributed by atoms with Crippen LogP contribution in [-0.2, 0) is 26.1 Å². The predicted molar refractivity (Wildman–Crippen MR) is 124 cm³/mol. The molecule has 0 unspecified atom stereocenters. The van der Waals surface area contributed by atoms with Crippen LogP contribution >= 0.6 is 0 Å². The van der Waals surface area contributed by atoms with Crippen LogP contribution in [0.4, 0.5) is 0 Å². The second-order valence-electron chi connectivity index (χ2n) is 8.25. The van der Waals surface area contributed by atoms with Gasteiger partial charge in [0, 0.05) is 42.9 Å². The van der Waals surface area contributed by atoms with Crippen LogP contribution in [0, 0.1) is 6.92 Å². The summed E-state index contributed by atoms with van der Waals surface area (Å²) in [6.45, 7) is 5.53. The van der Waals surface area contributed by atoms with Crippen molar-refractivity contribution in [1.29, 1.82) is 0 Å². The van der Waals surface area contributed by atoms with Crippen molar-refractivity contribution in [3.05, 3.63) is 107 Å². The van der Waals surface area contributed by atoms with E-state index in [0.29, 0.717) is 6.61 Å². The van der Waals surface area contributed by atoms with Gasteiger partial charge in [-0.2, -0.15) is 5.10 Å². The molecule has 4 nitrogen and oxygen atoms in total. The zero-order valence-electron chi connectivity index (χ0n) is 17.8. The number of aromatic nitrogens is 2. The highest BCUT2D eigenvalue weighted by atomic mass is 16.5. The van der Waals surface area contributed by atoms with Gasteiger partial charge in [0.05, 0.1) is 0 Å². The van der Waals surface area contributed by atoms with Gasteiger partial charge < -0.3 is 4.74 Å². The van der Waals surface area contributed by atoms with Crippen LogP contribution in [0.3, 0.4) is 0 Å². The molecule has 4 aromatic rings. The number of H-pyrrole nitrogens is 1. The first-order valence-electron chi connectivity index (χ1n) is 10.9. The first-order valence-corrected chi connectivity index (χ1v) is 10.9. The van der Waals surface area contributed by atoms with E-state index in [4.69, 9.17) is 9.84 Å². The molecule has 0 amide bonds. The van der Waals surface area contributed by atoms with E-state index >= 15 is 0 Å². The molecular weight excluding hydrogens is 382 g/mol. The number of aryl methyl sites for hydroxylation is 1. The molecule has 0 saturated heterocycles. The number of nitrogens with one attached hydrogen (secondary N) is 1. The molecule has 2 heterocycles. The number of aromatic amines is 1. The third kappa shape index (κ3) is 4.39. The molecule has 156 valence electrons. The monoisotopic (exact) mass is 409 g/mol. The topological polar surface area (TPSA) is 41.1 Å². The molecule has 0 saturated carbocycles. The fourth-order valence-electron chi connectivity index (χ4n) is 4.18. The van der Waals surface area contributed by atoms with Gasteiger partial charge in [0.1, 0.15) is 18.1 Å². The Labute approximate surface area is 183 Å². The molecule has 0 bridgehead atoms. The maximum Gasteiger partial charge on any atom is 0.129 e. The SMILES string of the molecule is Cc1ccc(COc2ccccc2-c2n[nH]c3c2CN(Cc2ccccc2)CC3)cc1. The third-order valence-electron chi connectivity index (χ3n) is 5.92. The molecule has 1 aliphatic rings. The molecule has 1 aliphatic heterocycles. The highest BCUT2D eigenvalue weighted by Gasteiger charge is 2.24. The number of benzene rings is 3. The Balaban J connectivity index is 1.37. The zero-order chi connectivity index (χ0) is 21.0. The van der Waals surface area contributed by atoms with Gasteiger partial charge in [0.15, 0.2) is 0 Å². The van der Waals surface area contributed by atoms with Crippen LogP contribution in [0.15, 0.2) is 78.9 Å². The van der Waals surface area contributed by atoms with Crippen LogP contribution < -0.4 is 4.74 Å². The lowest BCUT2D eigenvalue weighted by Crippen LogP contribution is -2.29. The van der Waals surface area contributed by atoms with E-state index in [-0.39, 0.29) is 0 Å². The molecule has 0 spiro atoms. The Kier molecular flexibility index (Phi) is 5.55. The molecule has 1 N–H and O–H groups in total. The first-order chi connectivity index (χ1) is 15.3. The van der Waals surface area contributed by atoms with Crippen molar-refractivity contribution in [3.8, 4) is 17.0 Å². The molecule has 0 radical (unpaired) electrons. The van der Waals surface area contributed by atoms with Crippen molar-refractivity contribution in [2.24, 2.45) is 0 Å². The summed E-state index contributed by atoms with van der Waals surface area (Å²) in [6, 6.07) is 27.4. The van der Waals surface area contributed by atoms with E-state index in [1.165, 1.54) is 27.9 Å². The third-order valence-corrected chi connectivity index (χ3v) is 5.92. The number of para-hydroxylation sites is 1. The fraction of sp³-hybridized carbons (Fsp3) is 0.222. The van der Waals surface area contributed by atoms with Gasteiger partial charge in [-0.1, -0.05) is 72.3 Å². The van der Waals surface area contributed by atoms with Crippen molar-refractivity contribution < 1.29 is 4.74 Å². The Hall–Kier alpha value is -3.37. The first kappa shape index (κ1) is 19.6. The Morgan fingerprint density at radius 2 is 1.68 bits per heavy atom. The van der Waals surface area contributed by atoms with Gasteiger partial charge in [0.2, 0.25) is 0 Å². The lowest BCUT2D eigenvalue weighted by molar-refractivity contribution is 0.245. The van der Waals surface area contributed by atoms with Crippen LogP contribution in [0.2, 0.25) is 0 Å².